The van der Waals surface area contributed by atoms with E-state index in [1.54, 1.807) is 0 Å². The highest BCUT2D eigenvalue weighted by Crippen LogP contribution is 2.36. The Morgan fingerprint density at radius 2 is 1.79 bits per heavy atom. The molecule has 2 aliphatic heterocycles. The van der Waals surface area contributed by atoms with Crippen molar-refractivity contribution in [3.8, 4) is 0 Å². The monoisotopic (exact) mass is 532 g/mol. The summed E-state index contributed by atoms with van der Waals surface area (Å²) in [6, 6.07) is 12.6. The summed E-state index contributed by atoms with van der Waals surface area (Å²) in [4.78, 5) is 7.08. The van der Waals surface area contributed by atoms with Crippen molar-refractivity contribution in [2.45, 2.75) is 75.9 Å². The molecule has 1 aromatic carbocycles. The summed E-state index contributed by atoms with van der Waals surface area (Å²) in [6.45, 7) is 7.82. The molecule has 3 atom stereocenters. The van der Waals surface area contributed by atoms with Crippen LogP contribution in [-0.4, -0.2) is 57.3 Å². The van der Waals surface area contributed by atoms with Crippen LogP contribution in [0.3, 0.4) is 0 Å². The highest BCUT2D eigenvalue weighted by molar-refractivity contribution is 14.0. The number of hydrogen-bond acceptors (Lipinski definition) is 3. The van der Waals surface area contributed by atoms with Crippen LogP contribution >= 0.6 is 24.0 Å². The molecule has 2 saturated heterocycles. The number of nitrogens with zero attached hydrogens (tertiary/aromatic N) is 2. The van der Waals surface area contributed by atoms with Gasteiger partial charge in [-0.2, -0.15) is 0 Å². The lowest BCUT2D eigenvalue weighted by atomic mass is 9.96. The number of benzene rings is 1. The minimum atomic E-state index is -0.840. The average Bonchev–Trinajstić information content (AvgIpc) is 2.89. The van der Waals surface area contributed by atoms with E-state index in [0.29, 0.717) is 30.4 Å². The normalized spacial score (nSPS) is 25.9. The van der Waals surface area contributed by atoms with E-state index in [-0.39, 0.29) is 28.7 Å². The van der Waals surface area contributed by atoms with E-state index in [1.807, 2.05) is 27.8 Å². The van der Waals surface area contributed by atoms with Crippen molar-refractivity contribution in [1.29, 1.82) is 0 Å². The molecule has 29 heavy (non-hydrogen) atoms. The first-order valence-corrected chi connectivity index (χ1v) is 11.8. The molecule has 3 rings (SSSR count). The summed E-state index contributed by atoms with van der Waals surface area (Å²) < 4.78 is 12.0. The van der Waals surface area contributed by atoms with Crippen molar-refractivity contribution in [2.75, 3.05) is 19.3 Å². The minimum Gasteiger partial charge on any atom is -0.355 e. The molecule has 2 N–H and O–H groups in total. The average molecular weight is 533 g/mol. The molecule has 2 aliphatic rings. The first kappa shape index (κ1) is 24.6. The SMILES string of the molecule is CN=C(NCCS(=O)C(C)(C)C)NC1CC2CCC(C1)N2Cc1ccccc1.I. The third-order valence-electron chi connectivity index (χ3n) is 5.92. The Balaban J connectivity index is 0.00000300. The molecule has 1 aromatic rings. The Kier molecular flexibility index (Phi) is 9.41. The highest BCUT2D eigenvalue weighted by atomic mass is 127. The Bertz CT molecular complexity index is 678. The predicted molar refractivity (Wildman–Crippen MR) is 134 cm³/mol. The fourth-order valence-electron chi connectivity index (χ4n) is 4.40. The molecule has 0 radical (unpaired) electrons. The third-order valence-corrected chi connectivity index (χ3v) is 7.86. The van der Waals surface area contributed by atoms with Gasteiger partial charge in [-0.05, 0) is 52.0 Å². The van der Waals surface area contributed by atoms with Crippen molar-refractivity contribution in [1.82, 2.24) is 15.5 Å². The topological polar surface area (TPSA) is 56.7 Å². The van der Waals surface area contributed by atoms with Gasteiger partial charge in [0.25, 0.3) is 0 Å². The zero-order valence-corrected chi connectivity index (χ0v) is 21.3. The van der Waals surface area contributed by atoms with Gasteiger partial charge in [-0.3, -0.25) is 14.1 Å². The van der Waals surface area contributed by atoms with Gasteiger partial charge in [-0.1, -0.05) is 30.3 Å². The second kappa shape index (κ2) is 11.1. The van der Waals surface area contributed by atoms with Crippen LogP contribution in [0.25, 0.3) is 0 Å². The molecule has 2 bridgehead atoms. The number of piperidine rings is 1. The fraction of sp³-hybridized carbons (Fsp3) is 0.682. The molecular weight excluding hydrogens is 495 g/mol. The lowest BCUT2D eigenvalue weighted by Crippen LogP contribution is -2.52. The molecule has 0 aromatic heterocycles. The maximum absolute atomic E-state index is 12.2. The van der Waals surface area contributed by atoms with Crippen molar-refractivity contribution in [2.24, 2.45) is 4.99 Å². The lowest BCUT2D eigenvalue weighted by molar-refractivity contribution is 0.114. The number of rotatable bonds is 6. The molecule has 0 saturated carbocycles. The van der Waals surface area contributed by atoms with Gasteiger partial charge < -0.3 is 10.6 Å². The first-order chi connectivity index (χ1) is 13.4. The molecule has 0 spiro atoms. The summed E-state index contributed by atoms with van der Waals surface area (Å²) in [5.41, 5.74) is 1.41. The molecule has 5 nitrogen and oxygen atoms in total. The van der Waals surface area contributed by atoms with Gasteiger partial charge in [0.2, 0.25) is 0 Å². The van der Waals surface area contributed by atoms with Gasteiger partial charge in [0.1, 0.15) is 0 Å². The number of fused-ring (bicyclic) bond motifs is 2. The summed E-state index contributed by atoms with van der Waals surface area (Å²) in [6.07, 6.45) is 4.93. The Labute approximate surface area is 196 Å². The predicted octanol–water partition coefficient (Wildman–Crippen LogP) is 3.51. The smallest absolute Gasteiger partial charge is 0.191 e. The fourth-order valence-corrected chi connectivity index (χ4v) is 5.30. The summed E-state index contributed by atoms with van der Waals surface area (Å²) >= 11 is 0. The van der Waals surface area contributed by atoms with E-state index in [0.717, 1.165) is 25.3 Å². The molecule has 0 amide bonds. The maximum Gasteiger partial charge on any atom is 0.191 e. The molecular formula is C22H37IN4OS. The van der Waals surface area contributed by atoms with Crippen molar-refractivity contribution in [3.05, 3.63) is 35.9 Å². The molecule has 7 heteroatoms. The van der Waals surface area contributed by atoms with Crippen molar-refractivity contribution < 1.29 is 4.21 Å². The van der Waals surface area contributed by atoms with E-state index >= 15 is 0 Å². The van der Waals surface area contributed by atoms with Crippen LogP contribution in [0.1, 0.15) is 52.0 Å². The highest BCUT2D eigenvalue weighted by Gasteiger charge is 2.40. The maximum atomic E-state index is 12.2. The Morgan fingerprint density at radius 1 is 1.17 bits per heavy atom. The van der Waals surface area contributed by atoms with Gasteiger partial charge in [0.05, 0.1) is 0 Å². The Morgan fingerprint density at radius 3 is 2.34 bits per heavy atom. The van der Waals surface area contributed by atoms with Crippen LogP contribution in [0.4, 0.5) is 0 Å². The van der Waals surface area contributed by atoms with Crippen LogP contribution in [0.5, 0.6) is 0 Å². The zero-order valence-electron chi connectivity index (χ0n) is 18.2. The number of hydrogen-bond donors (Lipinski definition) is 2. The standard InChI is InChI=1S/C22H36N4OS.HI/c1-22(2,3)28(27)13-12-24-21(23-4)25-18-14-19-10-11-20(15-18)26(19)16-17-8-6-5-7-9-17;/h5-9,18-20H,10-16H2,1-4H3,(H2,23,24,25);1H. The molecule has 2 fully saturated rings. The van der Waals surface area contributed by atoms with Gasteiger partial charge >= 0.3 is 0 Å². The van der Waals surface area contributed by atoms with Gasteiger partial charge in [-0.15, -0.1) is 24.0 Å². The molecule has 0 aliphatic carbocycles. The summed E-state index contributed by atoms with van der Waals surface area (Å²) in [5.74, 6) is 1.48. The quantitative estimate of drug-likeness (QED) is 0.335. The van der Waals surface area contributed by atoms with Crippen LogP contribution in [0.15, 0.2) is 35.3 Å². The largest absolute Gasteiger partial charge is 0.355 e. The van der Waals surface area contributed by atoms with Gasteiger partial charge in [0.15, 0.2) is 5.96 Å². The lowest BCUT2D eigenvalue weighted by Gasteiger charge is -2.39. The van der Waals surface area contributed by atoms with Crippen LogP contribution < -0.4 is 10.6 Å². The number of aliphatic imine (C=N–C) groups is 1. The number of nitrogens with one attached hydrogen (secondary N) is 2. The molecule has 3 unspecified atom stereocenters. The second-order valence-corrected chi connectivity index (χ2v) is 11.3. The van der Waals surface area contributed by atoms with E-state index in [4.69, 9.17) is 0 Å². The van der Waals surface area contributed by atoms with E-state index in [1.165, 1.54) is 18.4 Å². The van der Waals surface area contributed by atoms with Crippen LogP contribution in [-0.2, 0) is 17.3 Å². The molecule has 2 heterocycles. The van der Waals surface area contributed by atoms with Crippen LogP contribution in [0.2, 0.25) is 0 Å². The molecule has 164 valence electrons. The van der Waals surface area contributed by atoms with E-state index in [2.05, 4.69) is 50.9 Å². The van der Waals surface area contributed by atoms with Crippen molar-refractivity contribution in [3.63, 3.8) is 0 Å². The van der Waals surface area contributed by atoms with E-state index < -0.39 is 10.8 Å². The third kappa shape index (κ3) is 6.92. The van der Waals surface area contributed by atoms with E-state index in [9.17, 15) is 4.21 Å². The number of halogens is 1. The summed E-state index contributed by atoms with van der Waals surface area (Å²) in [5, 5.41) is 6.97. The van der Waals surface area contributed by atoms with Crippen molar-refractivity contribution >= 4 is 40.7 Å². The zero-order chi connectivity index (χ0) is 20.1. The van der Waals surface area contributed by atoms with Gasteiger partial charge in [0, 0.05) is 59.6 Å². The van der Waals surface area contributed by atoms with Gasteiger partial charge in [-0.25, -0.2) is 0 Å². The summed E-state index contributed by atoms with van der Waals surface area (Å²) in [7, 11) is 0.975. The van der Waals surface area contributed by atoms with Crippen LogP contribution in [0, 0.1) is 0 Å². The first-order valence-electron chi connectivity index (χ1n) is 10.5. The number of guanidine groups is 1. The second-order valence-electron chi connectivity index (χ2n) is 9.02. The Hall–Kier alpha value is -0.670. The minimum absolute atomic E-state index is 0.